The van der Waals surface area contributed by atoms with Crippen LogP contribution in [0.2, 0.25) is 0 Å². The molecule has 2 heterocycles. The van der Waals surface area contributed by atoms with Crippen molar-refractivity contribution in [3.63, 3.8) is 0 Å². The first-order valence-corrected chi connectivity index (χ1v) is 8.93. The molecule has 4 nitrogen and oxygen atoms in total. The molecule has 1 atom stereocenters. The van der Waals surface area contributed by atoms with Gasteiger partial charge in [-0.15, -0.1) is 6.42 Å². The van der Waals surface area contributed by atoms with Crippen molar-refractivity contribution >= 4 is 40.3 Å². The van der Waals surface area contributed by atoms with Gasteiger partial charge in [0.2, 0.25) is 0 Å². The number of ether oxygens (including phenoxy) is 2. The van der Waals surface area contributed by atoms with Gasteiger partial charge < -0.3 is 9.47 Å². The zero-order chi connectivity index (χ0) is 16.9. The van der Waals surface area contributed by atoms with Gasteiger partial charge >= 0.3 is 0 Å². The Morgan fingerprint density at radius 2 is 2.25 bits per heavy atom. The van der Waals surface area contributed by atoms with Gasteiger partial charge in [-0.2, -0.15) is 0 Å². The van der Waals surface area contributed by atoms with Crippen LogP contribution in [0.15, 0.2) is 29.2 Å². The summed E-state index contributed by atoms with van der Waals surface area (Å²) in [5.74, 6) is 3.08. The van der Waals surface area contributed by atoms with Gasteiger partial charge in [0.05, 0.1) is 17.6 Å². The number of hydrogen-bond acceptors (Lipinski definition) is 5. The van der Waals surface area contributed by atoms with Crippen LogP contribution >= 0.6 is 24.0 Å². The summed E-state index contributed by atoms with van der Waals surface area (Å²) in [4.78, 5) is 14.8. The van der Waals surface area contributed by atoms with Gasteiger partial charge in [-0.25, -0.2) is 0 Å². The van der Waals surface area contributed by atoms with Crippen LogP contribution in [0.4, 0.5) is 0 Å². The van der Waals surface area contributed by atoms with Crippen molar-refractivity contribution in [2.24, 2.45) is 0 Å². The van der Waals surface area contributed by atoms with E-state index in [1.165, 1.54) is 11.8 Å². The highest BCUT2D eigenvalue weighted by Gasteiger charge is 2.34. The highest BCUT2D eigenvalue weighted by Crippen LogP contribution is 2.33. The van der Waals surface area contributed by atoms with E-state index in [0.29, 0.717) is 21.5 Å². The van der Waals surface area contributed by atoms with Crippen molar-refractivity contribution < 1.29 is 14.3 Å². The van der Waals surface area contributed by atoms with Crippen LogP contribution in [0.1, 0.15) is 18.4 Å². The second kappa shape index (κ2) is 7.84. The van der Waals surface area contributed by atoms with Crippen LogP contribution in [-0.2, 0) is 9.53 Å². The molecule has 124 valence electrons. The van der Waals surface area contributed by atoms with Gasteiger partial charge in [-0.3, -0.25) is 9.69 Å². The van der Waals surface area contributed by atoms with Crippen LogP contribution in [0.3, 0.4) is 0 Å². The summed E-state index contributed by atoms with van der Waals surface area (Å²) in [5, 5.41) is 0. The number of carbonyl (C=O) groups is 1. The molecular weight excluding hydrogens is 342 g/mol. The molecule has 2 saturated heterocycles. The van der Waals surface area contributed by atoms with E-state index in [2.05, 4.69) is 5.92 Å². The minimum absolute atomic E-state index is 0.0480. The number of amides is 1. The molecule has 0 unspecified atom stereocenters. The number of thiocarbonyl (C=S) groups is 1. The van der Waals surface area contributed by atoms with Gasteiger partial charge in [0.25, 0.3) is 5.91 Å². The summed E-state index contributed by atoms with van der Waals surface area (Å²) in [6.07, 6.45) is 9.13. The Bertz CT molecular complexity index is 700. The lowest BCUT2D eigenvalue weighted by atomic mass is 10.2. The Labute approximate surface area is 151 Å². The molecule has 6 heteroatoms. The Hall–Kier alpha value is -1.81. The molecule has 1 aromatic rings. The maximum atomic E-state index is 12.6. The molecule has 0 saturated carbocycles. The minimum Gasteiger partial charge on any atom is -0.481 e. The third-order valence-electron chi connectivity index (χ3n) is 3.78. The average Bonchev–Trinajstić information content (AvgIpc) is 3.19. The fourth-order valence-corrected chi connectivity index (χ4v) is 3.86. The molecule has 24 heavy (non-hydrogen) atoms. The number of rotatable bonds is 5. The van der Waals surface area contributed by atoms with E-state index >= 15 is 0 Å². The Kier molecular flexibility index (Phi) is 5.56. The van der Waals surface area contributed by atoms with E-state index in [1.54, 1.807) is 4.90 Å². The van der Waals surface area contributed by atoms with Crippen LogP contribution < -0.4 is 4.74 Å². The lowest BCUT2D eigenvalue weighted by molar-refractivity contribution is -0.123. The lowest BCUT2D eigenvalue weighted by Gasteiger charge is -2.18. The van der Waals surface area contributed by atoms with Crippen molar-refractivity contribution in [1.29, 1.82) is 0 Å². The Morgan fingerprint density at radius 3 is 2.92 bits per heavy atom. The fraction of sp³-hybridized carbons (Fsp3) is 0.333. The van der Waals surface area contributed by atoms with Crippen molar-refractivity contribution in [3.8, 4) is 18.1 Å². The summed E-state index contributed by atoms with van der Waals surface area (Å²) in [7, 11) is 0. The first-order chi connectivity index (χ1) is 11.7. The summed E-state index contributed by atoms with van der Waals surface area (Å²) in [5.41, 5.74) is 0.917. The smallest absolute Gasteiger partial charge is 0.266 e. The van der Waals surface area contributed by atoms with E-state index < -0.39 is 0 Å². The molecule has 0 N–H and O–H groups in total. The van der Waals surface area contributed by atoms with Crippen molar-refractivity contribution in [2.75, 3.05) is 19.8 Å². The zero-order valence-electron chi connectivity index (χ0n) is 13.1. The number of nitrogens with zero attached hydrogens (tertiary/aromatic N) is 1. The standard InChI is InChI=1S/C18H17NO3S2/c1-2-9-21-14-7-5-13(6-8-14)11-16-17(20)19(18(23)24-16)12-15-4-3-10-22-15/h1,5-8,11,15H,3-4,9-10,12H2/b16-11-/t15-/m1/s1. The lowest BCUT2D eigenvalue weighted by Crippen LogP contribution is -2.35. The largest absolute Gasteiger partial charge is 0.481 e. The fourth-order valence-electron chi connectivity index (χ4n) is 2.59. The molecular formula is C18H17NO3S2. The second-order valence-electron chi connectivity index (χ2n) is 5.49. The van der Waals surface area contributed by atoms with Gasteiger partial charge in [0.15, 0.2) is 0 Å². The topological polar surface area (TPSA) is 38.8 Å². The van der Waals surface area contributed by atoms with Gasteiger partial charge in [-0.1, -0.05) is 42.0 Å². The molecule has 1 aromatic carbocycles. The molecule has 2 aliphatic rings. The molecule has 0 aromatic heterocycles. The average molecular weight is 359 g/mol. The van der Waals surface area contributed by atoms with Crippen LogP contribution in [-0.4, -0.2) is 41.0 Å². The van der Waals surface area contributed by atoms with Crippen LogP contribution in [0.5, 0.6) is 5.75 Å². The first kappa shape index (κ1) is 17.0. The number of terminal acetylenes is 1. The van der Waals surface area contributed by atoms with E-state index in [1.807, 2.05) is 30.3 Å². The zero-order valence-corrected chi connectivity index (χ0v) is 14.7. The molecule has 0 radical (unpaired) electrons. The molecule has 2 fully saturated rings. The van der Waals surface area contributed by atoms with E-state index in [0.717, 1.165) is 25.0 Å². The highest BCUT2D eigenvalue weighted by molar-refractivity contribution is 8.26. The Balaban J connectivity index is 1.67. The normalized spacial score (nSPS) is 22.2. The van der Waals surface area contributed by atoms with Crippen LogP contribution in [0.25, 0.3) is 6.08 Å². The molecule has 0 spiro atoms. The van der Waals surface area contributed by atoms with E-state index in [-0.39, 0.29) is 18.6 Å². The molecule has 3 rings (SSSR count). The molecule has 2 aliphatic heterocycles. The SMILES string of the molecule is C#CCOc1ccc(/C=C2\SC(=S)N(C[C@H]3CCCO3)C2=O)cc1. The van der Waals surface area contributed by atoms with E-state index in [4.69, 9.17) is 28.1 Å². The van der Waals surface area contributed by atoms with Gasteiger partial charge in [-0.05, 0) is 36.6 Å². The molecule has 0 aliphatic carbocycles. The van der Waals surface area contributed by atoms with E-state index in [9.17, 15) is 4.79 Å². The summed E-state index contributed by atoms with van der Waals surface area (Å²) >= 11 is 6.68. The monoisotopic (exact) mass is 359 g/mol. The summed E-state index contributed by atoms with van der Waals surface area (Å²) in [6, 6.07) is 7.43. The minimum atomic E-state index is -0.0480. The molecule has 0 bridgehead atoms. The Morgan fingerprint density at radius 1 is 1.46 bits per heavy atom. The maximum absolute atomic E-state index is 12.6. The van der Waals surface area contributed by atoms with Gasteiger partial charge in [0, 0.05) is 6.61 Å². The quantitative estimate of drug-likeness (QED) is 0.459. The summed E-state index contributed by atoms with van der Waals surface area (Å²) in [6.45, 7) is 1.55. The van der Waals surface area contributed by atoms with Crippen molar-refractivity contribution in [3.05, 3.63) is 34.7 Å². The maximum Gasteiger partial charge on any atom is 0.266 e. The van der Waals surface area contributed by atoms with Crippen molar-refractivity contribution in [2.45, 2.75) is 18.9 Å². The molecule has 1 amide bonds. The number of carbonyl (C=O) groups excluding carboxylic acids is 1. The van der Waals surface area contributed by atoms with Gasteiger partial charge in [0.1, 0.15) is 16.7 Å². The second-order valence-corrected chi connectivity index (χ2v) is 7.16. The predicted octanol–water partition coefficient (Wildman–Crippen LogP) is 3.08. The number of hydrogen-bond donors (Lipinski definition) is 0. The third kappa shape index (κ3) is 3.99. The highest BCUT2D eigenvalue weighted by atomic mass is 32.2. The number of thioether (sulfide) groups is 1. The summed E-state index contributed by atoms with van der Waals surface area (Å²) < 4.78 is 11.5. The number of benzene rings is 1. The van der Waals surface area contributed by atoms with Crippen LogP contribution in [0, 0.1) is 12.3 Å². The third-order valence-corrected chi connectivity index (χ3v) is 5.16. The first-order valence-electron chi connectivity index (χ1n) is 7.70. The van der Waals surface area contributed by atoms with Crippen molar-refractivity contribution in [1.82, 2.24) is 4.90 Å². The predicted molar refractivity (Wildman–Crippen MR) is 99.6 cm³/mol.